The van der Waals surface area contributed by atoms with Gasteiger partial charge in [-0.15, -0.1) is 0 Å². The molecule has 0 saturated heterocycles. The second-order valence-corrected chi connectivity index (χ2v) is 6.40. The van der Waals surface area contributed by atoms with Gasteiger partial charge in [0.25, 0.3) is 5.69 Å². The Kier molecular flexibility index (Phi) is 6.01. The zero-order chi connectivity index (χ0) is 19.4. The number of benzene rings is 2. The van der Waals surface area contributed by atoms with E-state index in [0.29, 0.717) is 6.07 Å². The first kappa shape index (κ1) is 20.3. The van der Waals surface area contributed by atoms with Crippen LogP contribution in [0, 0.1) is 10.1 Å². The van der Waals surface area contributed by atoms with Crippen molar-refractivity contribution in [2.75, 3.05) is 11.5 Å². The molecule has 0 unspecified atom stereocenters. The van der Waals surface area contributed by atoms with Crippen LogP contribution in [0.5, 0.6) is 0 Å². The van der Waals surface area contributed by atoms with Crippen LogP contribution in [0.2, 0.25) is 0 Å². The number of rotatable bonds is 1. The Labute approximate surface area is 143 Å². The van der Waals surface area contributed by atoms with Crippen molar-refractivity contribution in [1.29, 1.82) is 0 Å². The zero-order valence-electron chi connectivity index (χ0n) is 14.1. The van der Waals surface area contributed by atoms with E-state index >= 15 is 0 Å². The van der Waals surface area contributed by atoms with E-state index in [-0.39, 0.29) is 11.1 Å². The van der Waals surface area contributed by atoms with Gasteiger partial charge >= 0.3 is 6.18 Å². The number of nitro benzene ring substituents is 1. The molecule has 0 spiro atoms. The molecule has 136 valence electrons. The summed E-state index contributed by atoms with van der Waals surface area (Å²) in [6.07, 6.45) is -4.77. The lowest BCUT2D eigenvalue weighted by Gasteiger charge is -2.18. The van der Waals surface area contributed by atoms with Crippen molar-refractivity contribution in [1.82, 2.24) is 0 Å². The minimum absolute atomic E-state index is 0.164. The molecule has 0 saturated carbocycles. The van der Waals surface area contributed by atoms with E-state index in [9.17, 15) is 23.3 Å². The Hall–Kier alpha value is -2.77. The van der Waals surface area contributed by atoms with Crippen LogP contribution in [0.25, 0.3) is 0 Å². The molecule has 0 atom stereocenters. The summed E-state index contributed by atoms with van der Waals surface area (Å²) >= 11 is 0. The van der Waals surface area contributed by atoms with Crippen LogP contribution >= 0.6 is 0 Å². The summed E-state index contributed by atoms with van der Waals surface area (Å²) in [5.74, 6) is 0. The van der Waals surface area contributed by atoms with Gasteiger partial charge in [-0.25, -0.2) is 0 Å². The molecule has 0 amide bonds. The normalized spacial score (nSPS) is 11.4. The highest BCUT2D eigenvalue weighted by atomic mass is 19.4. The van der Waals surface area contributed by atoms with E-state index in [0.717, 1.165) is 17.8 Å². The molecule has 0 fully saturated rings. The van der Waals surface area contributed by atoms with E-state index in [1.807, 2.05) is 12.1 Å². The van der Waals surface area contributed by atoms with Gasteiger partial charge in [0.2, 0.25) is 0 Å². The highest BCUT2D eigenvalue weighted by molar-refractivity contribution is 5.52. The Morgan fingerprint density at radius 2 is 1.40 bits per heavy atom. The van der Waals surface area contributed by atoms with Gasteiger partial charge in [0.1, 0.15) is 5.56 Å². The summed E-state index contributed by atoms with van der Waals surface area (Å²) < 4.78 is 36.7. The van der Waals surface area contributed by atoms with Crippen LogP contribution in [-0.4, -0.2) is 4.92 Å². The lowest BCUT2D eigenvalue weighted by Crippen LogP contribution is -2.10. The van der Waals surface area contributed by atoms with Crippen molar-refractivity contribution in [2.45, 2.75) is 32.4 Å². The van der Waals surface area contributed by atoms with Crippen LogP contribution in [-0.2, 0) is 11.6 Å². The molecule has 0 aliphatic rings. The van der Waals surface area contributed by atoms with Gasteiger partial charge in [-0.2, -0.15) is 13.2 Å². The van der Waals surface area contributed by atoms with E-state index < -0.39 is 22.4 Å². The van der Waals surface area contributed by atoms with E-state index in [1.54, 1.807) is 0 Å². The maximum Gasteiger partial charge on any atom is 0.423 e. The zero-order valence-corrected chi connectivity index (χ0v) is 14.1. The first-order valence-electron chi connectivity index (χ1n) is 7.29. The second kappa shape index (κ2) is 7.42. The third kappa shape index (κ3) is 5.98. The molecule has 25 heavy (non-hydrogen) atoms. The molecule has 2 aromatic carbocycles. The fraction of sp³-hybridized carbons (Fsp3) is 0.294. The Morgan fingerprint density at radius 1 is 0.920 bits per heavy atom. The summed E-state index contributed by atoms with van der Waals surface area (Å²) in [4.78, 5) is 9.15. The molecular formula is C17H20F3N3O2. The van der Waals surface area contributed by atoms with Gasteiger partial charge in [0.15, 0.2) is 0 Å². The molecule has 0 heterocycles. The third-order valence-electron chi connectivity index (χ3n) is 3.30. The van der Waals surface area contributed by atoms with E-state index in [2.05, 4.69) is 32.9 Å². The molecule has 2 rings (SSSR count). The monoisotopic (exact) mass is 355 g/mol. The first-order valence-corrected chi connectivity index (χ1v) is 7.29. The number of hydrogen-bond donors (Lipinski definition) is 2. The van der Waals surface area contributed by atoms with Gasteiger partial charge in [-0.3, -0.25) is 10.1 Å². The average molecular weight is 355 g/mol. The highest BCUT2D eigenvalue weighted by Crippen LogP contribution is 2.36. The fourth-order valence-corrected chi connectivity index (χ4v) is 1.92. The fourth-order valence-electron chi connectivity index (χ4n) is 1.92. The number of nitro groups is 1. The summed E-state index contributed by atoms with van der Waals surface area (Å²) in [6.45, 7) is 6.58. The molecule has 0 bridgehead atoms. The van der Waals surface area contributed by atoms with Crippen LogP contribution in [0.1, 0.15) is 31.9 Å². The third-order valence-corrected chi connectivity index (χ3v) is 3.30. The van der Waals surface area contributed by atoms with Crippen LogP contribution in [0.4, 0.5) is 30.2 Å². The summed E-state index contributed by atoms with van der Waals surface area (Å²) in [7, 11) is 0. The molecular weight excluding hydrogens is 335 g/mol. The predicted octanol–water partition coefficient (Wildman–Crippen LogP) is 4.76. The van der Waals surface area contributed by atoms with Crippen LogP contribution < -0.4 is 11.5 Å². The Morgan fingerprint density at radius 3 is 1.80 bits per heavy atom. The minimum Gasteiger partial charge on any atom is -0.399 e. The quantitative estimate of drug-likeness (QED) is 0.438. The first-order chi connectivity index (χ1) is 11.3. The SMILES string of the molecule is CC(C)(C)c1ccc(N)cc1.Nc1ccc([N+](=O)[O-])c(C(F)(F)F)c1. The molecule has 0 aromatic heterocycles. The van der Waals surface area contributed by atoms with E-state index in [4.69, 9.17) is 11.5 Å². The minimum atomic E-state index is -4.77. The molecule has 2 aromatic rings. The van der Waals surface area contributed by atoms with Crippen molar-refractivity contribution >= 4 is 17.1 Å². The van der Waals surface area contributed by atoms with Gasteiger partial charge in [0.05, 0.1) is 4.92 Å². The van der Waals surface area contributed by atoms with Gasteiger partial charge in [-0.05, 0) is 35.2 Å². The van der Waals surface area contributed by atoms with E-state index in [1.165, 1.54) is 5.56 Å². The Bertz CT molecular complexity index is 736. The largest absolute Gasteiger partial charge is 0.423 e. The molecule has 5 nitrogen and oxygen atoms in total. The Balaban J connectivity index is 0.000000257. The lowest BCUT2D eigenvalue weighted by atomic mass is 9.87. The van der Waals surface area contributed by atoms with Crippen molar-refractivity contribution in [3.05, 3.63) is 63.7 Å². The van der Waals surface area contributed by atoms with Gasteiger partial charge in [0, 0.05) is 17.4 Å². The standard InChI is InChI=1S/C10H15N.C7H5F3N2O2/c1-10(2,3)8-4-6-9(11)7-5-8;8-7(9,10)5-3-4(11)1-2-6(5)12(13)14/h4-7H,11H2,1-3H3;1-3H,11H2. The lowest BCUT2D eigenvalue weighted by molar-refractivity contribution is -0.388. The maximum atomic E-state index is 12.2. The number of nitrogen functional groups attached to an aromatic ring is 2. The van der Waals surface area contributed by atoms with Crippen molar-refractivity contribution in [2.24, 2.45) is 0 Å². The molecule has 8 heteroatoms. The number of nitrogens with zero attached hydrogens (tertiary/aromatic N) is 1. The van der Waals surface area contributed by atoms with Crippen molar-refractivity contribution in [3.63, 3.8) is 0 Å². The molecule has 0 aliphatic carbocycles. The van der Waals surface area contributed by atoms with Crippen molar-refractivity contribution in [3.8, 4) is 0 Å². The van der Waals surface area contributed by atoms with Gasteiger partial charge < -0.3 is 11.5 Å². The average Bonchev–Trinajstić information content (AvgIpc) is 2.46. The molecule has 4 N–H and O–H groups in total. The molecule has 0 radical (unpaired) electrons. The highest BCUT2D eigenvalue weighted by Gasteiger charge is 2.38. The topological polar surface area (TPSA) is 95.2 Å². The van der Waals surface area contributed by atoms with Crippen molar-refractivity contribution < 1.29 is 18.1 Å². The second-order valence-electron chi connectivity index (χ2n) is 6.40. The maximum absolute atomic E-state index is 12.2. The summed E-state index contributed by atoms with van der Waals surface area (Å²) in [5, 5.41) is 10.2. The number of alkyl halides is 3. The molecule has 0 aliphatic heterocycles. The summed E-state index contributed by atoms with van der Waals surface area (Å²) in [6, 6.07) is 10.4. The smallest absolute Gasteiger partial charge is 0.399 e. The number of hydrogen-bond acceptors (Lipinski definition) is 4. The van der Waals surface area contributed by atoms with Crippen LogP contribution in [0.3, 0.4) is 0 Å². The number of halogens is 3. The predicted molar refractivity (Wildman–Crippen MR) is 92.1 cm³/mol. The number of anilines is 2. The van der Waals surface area contributed by atoms with Crippen LogP contribution in [0.15, 0.2) is 42.5 Å². The van der Waals surface area contributed by atoms with Gasteiger partial charge in [-0.1, -0.05) is 32.9 Å². The number of nitrogens with two attached hydrogens (primary N) is 2. The summed E-state index contributed by atoms with van der Waals surface area (Å²) in [5.41, 5.74) is 10.6.